The molecule has 0 saturated heterocycles. The third-order valence-corrected chi connectivity index (χ3v) is 3.09. The molecule has 1 aliphatic carbocycles. The van der Waals surface area contributed by atoms with Crippen LogP contribution in [-0.4, -0.2) is 23.9 Å². The molecule has 2 nitrogen and oxygen atoms in total. The minimum Gasteiger partial charge on any atom is -0.338 e. The molecular weight excluding hydrogens is 174 g/mol. The van der Waals surface area contributed by atoms with Gasteiger partial charge in [-0.15, -0.1) is 0 Å². The van der Waals surface area contributed by atoms with E-state index in [1.54, 1.807) is 5.57 Å². The fourth-order valence-electron chi connectivity index (χ4n) is 2.20. The van der Waals surface area contributed by atoms with E-state index in [-0.39, 0.29) is 5.91 Å². The molecule has 0 N–H and O–H groups in total. The normalized spacial score (nSPS) is 21.1. The Labute approximate surface area is 85.3 Å². The molecule has 0 radical (unpaired) electrons. The van der Waals surface area contributed by atoms with E-state index < -0.39 is 0 Å². The Kier molecular flexibility index (Phi) is 2.71. The Balaban J connectivity index is 2.09. The Bertz CT molecular complexity index is 301. The van der Waals surface area contributed by atoms with E-state index in [0.29, 0.717) is 6.42 Å². The summed E-state index contributed by atoms with van der Waals surface area (Å²) in [5, 5.41) is 0. The zero-order valence-electron chi connectivity index (χ0n) is 8.75. The molecule has 0 bridgehead atoms. The topological polar surface area (TPSA) is 20.3 Å². The molecule has 1 aliphatic heterocycles. The summed E-state index contributed by atoms with van der Waals surface area (Å²) in [6.07, 6.45) is 8.53. The lowest BCUT2D eigenvalue weighted by molar-refractivity contribution is -0.130. The quantitative estimate of drug-likeness (QED) is 0.622. The van der Waals surface area contributed by atoms with Crippen molar-refractivity contribution in [1.29, 1.82) is 0 Å². The molecule has 0 aromatic carbocycles. The molecule has 14 heavy (non-hydrogen) atoms. The van der Waals surface area contributed by atoms with Gasteiger partial charge in [0.15, 0.2) is 0 Å². The third kappa shape index (κ3) is 1.74. The smallest absolute Gasteiger partial charge is 0.222 e. The van der Waals surface area contributed by atoms with Gasteiger partial charge in [0.25, 0.3) is 0 Å². The summed E-state index contributed by atoms with van der Waals surface area (Å²) >= 11 is 0. The van der Waals surface area contributed by atoms with Crippen LogP contribution in [0.2, 0.25) is 0 Å². The first kappa shape index (κ1) is 9.50. The maximum atomic E-state index is 11.5. The Morgan fingerprint density at radius 1 is 1.50 bits per heavy atom. The Morgan fingerprint density at radius 3 is 3.14 bits per heavy atom. The van der Waals surface area contributed by atoms with Gasteiger partial charge >= 0.3 is 0 Å². The summed E-state index contributed by atoms with van der Waals surface area (Å²) in [4.78, 5) is 13.5. The number of carbonyl (C=O) groups excluding carboxylic acids is 1. The minimum atomic E-state index is 0.288. The number of rotatable bonds is 1. The molecule has 1 amide bonds. The fourth-order valence-corrected chi connectivity index (χ4v) is 2.20. The molecule has 1 heterocycles. The van der Waals surface area contributed by atoms with Crippen molar-refractivity contribution in [2.24, 2.45) is 0 Å². The first-order valence-corrected chi connectivity index (χ1v) is 5.46. The van der Waals surface area contributed by atoms with Gasteiger partial charge in [-0.2, -0.15) is 0 Å². The van der Waals surface area contributed by atoms with Crippen molar-refractivity contribution in [3.63, 3.8) is 0 Å². The van der Waals surface area contributed by atoms with Crippen molar-refractivity contribution in [1.82, 2.24) is 4.90 Å². The van der Waals surface area contributed by atoms with E-state index in [1.165, 1.54) is 18.4 Å². The lowest BCUT2D eigenvalue weighted by Gasteiger charge is -2.31. The predicted molar refractivity (Wildman–Crippen MR) is 56.9 cm³/mol. The molecule has 0 spiro atoms. The van der Waals surface area contributed by atoms with Crippen molar-refractivity contribution in [2.75, 3.05) is 13.1 Å². The van der Waals surface area contributed by atoms with Gasteiger partial charge in [0.1, 0.15) is 0 Å². The number of hydrogen-bond acceptors (Lipinski definition) is 1. The van der Waals surface area contributed by atoms with Gasteiger partial charge < -0.3 is 4.90 Å². The van der Waals surface area contributed by atoms with Crippen LogP contribution in [0.3, 0.4) is 0 Å². The van der Waals surface area contributed by atoms with Gasteiger partial charge in [-0.3, -0.25) is 4.79 Å². The van der Waals surface area contributed by atoms with Gasteiger partial charge in [-0.1, -0.05) is 24.6 Å². The summed E-state index contributed by atoms with van der Waals surface area (Å²) in [7, 11) is 0. The molecule has 0 aromatic rings. The molecule has 2 aliphatic rings. The van der Waals surface area contributed by atoms with Gasteiger partial charge in [0.05, 0.1) is 0 Å². The zero-order valence-corrected chi connectivity index (χ0v) is 8.75. The van der Waals surface area contributed by atoms with Gasteiger partial charge in [0.2, 0.25) is 5.91 Å². The van der Waals surface area contributed by atoms with E-state index in [9.17, 15) is 4.79 Å². The first-order valence-electron chi connectivity index (χ1n) is 5.46. The molecule has 0 aromatic heterocycles. The highest BCUT2D eigenvalue weighted by atomic mass is 16.2. The van der Waals surface area contributed by atoms with E-state index in [0.717, 1.165) is 19.5 Å². The van der Waals surface area contributed by atoms with Crippen LogP contribution in [0.4, 0.5) is 0 Å². The maximum Gasteiger partial charge on any atom is 0.222 e. The van der Waals surface area contributed by atoms with Crippen LogP contribution in [0, 0.1) is 0 Å². The molecule has 0 fully saturated rings. The monoisotopic (exact) mass is 191 g/mol. The number of carbonyl (C=O) groups is 1. The molecule has 2 heteroatoms. The van der Waals surface area contributed by atoms with Crippen molar-refractivity contribution in [3.05, 3.63) is 23.3 Å². The van der Waals surface area contributed by atoms with E-state index in [1.807, 2.05) is 11.8 Å². The average Bonchev–Trinajstić information content (AvgIpc) is 2.27. The molecule has 0 atom stereocenters. The highest BCUT2D eigenvalue weighted by Crippen LogP contribution is 2.26. The van der Waals surface area contributed by atoms with Gasteiger partial charge in [-0.25, -0.2) is 0 Å². The van der Waals surface area contributed by atoms with Crippen LogP contribution < -0.4 is 0 Å². The van der Waals surface area contributed by atoms with Crippen molar-refractivity contribution in [3.8, 4) is 0 Å². The number of allylic oxidation sites excluding steroid dienone is 1. The first-order chi connectivity index (χ1) is 6.81. The van der Waals surface area contributed by atoms with Gasteiger partial charge in [-0.05, 0) is 24.8 Å². The Hall–Kier alpha value is -1.05. The SMILES string of the molecule is CCC(=O)N1CCC2=C(C=CCC2)C1. The highest BCUT2D eigenvalue weighted by molar-refractivity contribution is 5.76. The predicted octanol–water partition coefficient (Wildman–Crippen LogP) is 2.28. The van der Waals surface area contributed by atoms with Crippen molar-refractivity contribution in [2.45, 2.75) is 32.6 Å². The molecular formula is C12H17NO. The molecule has 2 rings (SSSR count). The maximum absolute atomic E-state index is 11.5. The van der Waals surface area contributed by atoms with Crippen molar-refractivity contribution < 1.29 is 4.79 Å². The summed E-state index contributed by atoms with van der Waals surface area (Å²) < 4.78 is 0. The second kappa shape index (κ2) is 3.99. The zero-order chi connectivity index (χ0) is 9.97. The number of nitrogens with zero attached hydrogens (tertiary/aromatic N) is 1. The molecule has 76 valence electrons. The second-order valence-corrected chi connectivity index (χ2v) is 3.99. The fraction of sp³-hybridized carbons (Fsp3) is 0.583. The van der Waals surface area contributed by atoms with Crippen molar-refractivity contribution >= 4 is 5.91 Å². The van der Waals surface area contributed by atoms with Crippen LogP contribution >= 0.6 is 0 Å². The van der Waals surface area contributed by atoms with Crippen LogP contribution in [0.5, 0.6) is 0 Å². The lowest BCUT2D eigenvalue weighted by Crippen LogP contribution is -2.36. The average molecular weight is 191 g/mol. The van der Waals surface area contributed by atoms with Gasteiger partial charge in [0, 0.05) is 19.5 Å². The van der Waals surface area contributed by atoms with E-state index in [4.69, 9.17) is 0 Å². The largest absolute Gasteiger partial charge is 0.338 e. The van der Waals surface area contributed by atoms with Crippen LogP contribution in [-0.2, 0) is 4.79 Å². The third-order valence-electron chi connectivity index (χ3n) is 3.09. The number of amides is 1. The number of hydrogen-bond donors (Lipinski definition) is 0. The molecule has 0 saturated carbocycles. The standard InChI is InChI=1S/C12H17NO/c1-2-12(14)13-8-7-10-5-3-4-6-11(10)9-13/h4,6H,2-3,5,7-9H2,1H3. The second-order valence-electron chi connectivity index (χ2n) is 3.99. The van der Waals surface area contributed by atoms with Crippen LogP contribution in [0.1, 0.15) is 32.6 Å². The van der Waals surface area contributed by atoms with E-state index >= 15 is 0 Å². The van der Waals surface area contributed by atoms with E-state index in [2.05, 4.69) is 12.2 Å². The summed E-state index contributed by atoms with van der Waals surface area (Å²) in [6.45, 7) is 3.71. The molecule has 0 unspecified atom stereocenters. The summed E-state index contributed by atoms with van der Waals surface area (Å²) in [5.74, 6) is 0.288. The summed E-state index contributed by atoms with van der Waals surface area (Å²) in [6, 6.07) is 0. The van der Waals surface area contributed by atoms with Crippen LogP contribution in [0.25, 0.3) is 0 Å². The van der Waals surface area contributed by atoms with Crippen LogP contribution in [0.15, 0.2) is 23.3 Å². The minimum absolute atomic E-state index is 0.288. The highest BCUT2D eigenvalue weighted by Gasteiger charge is 2.21. The Morgan fingerprint density at radius 2 is 2.36 bits per heavy atom. The lowest BCUT2D eigenvalue weighted by atomic mass is 9.91. The summed E-state index contributed by atoms with van der Waals surface area (Å²) in [5.41, 5.74) is 2.97.